The molecule has 1 N–H and O–H groups in total. The third-order valence-corrected chi connectivity index (χ3v) is 3.87. The molecule has 0 aliphatic carbocycles. The number of nitrogens with zero attached hydrogens (tertiary/aromatic N) is 1. The van der Waals surface area contributed by atoms with E-state index in [-0.39, 0.29) is 11.3 Å². The number of hydrogen-bond acceptors (Lipinski definition) is 2. The summed E-state index contributed by atoms with van der Waals surface area (Å²) in [5.74, 6) is -1.33. The van der Waals surface area contributed by atoms with E-state index < -0.39 is 11.5 Å². The predicted octanol–water partition coefficient (Wildman–Crippen LogP) is 2.76. The molecule has 4 nitrogen and oxygen atoms in total. The van der Waals surface area contributed by atoms with Gasteiger partial charge in [-0.15, -0.1) is 0 Å². The molecule has 1 aromatic rings. The minimum Gasteiger partial charge on any atom is -0.479 e. The van der Waals surface area contributed by atoms with Crippen LogP contribution in [-0.2, 0) is 20.5 Å². The number of amides is 1. The van der Waals surface area contributed by atoms with Crippen molar-refractivity contribution in [2.75, 3.05) is 7.05 Å². The number of carbonyl (C=O) groups is 2. The Morgan fingerprint density at radius 2 is 1.40 bits per heavy atom. The number of carbonyl (C=O) groups excluding carboxylic acids is 1. The molecule has 0 radical (unpaired) electrons. The van der Waals surface area contributed by atoms with Gasteiger partial charge in [-0.05, 0) is 23.5 Å². The predicted molar refractivity (Wildman–Crippen MR) is 78.6 cm³/mol. The Bertz CT molecular complexity index is 514. The average molecular weight is 277 g/mol. The molecule has 1 rings (SSSR count). The van der Waals surface area contributed by atoms with Crippen LogP contribution in [0.2, 0.25) is 0 Å². The van der Waals surface area contributed by atoms with Gasteiger partial charge < -0.3 is 10.0 Å². The van der Waals surface area contributed by atoms with E-state index in [0.29, 0.717) is 5.56 Å². The van der Waals surface area contributed by atoms with Crippen molar-refractivity contribution in [2.24, 2.45) is 0 Å². The Labute approximate surface area is 120 Å². The summed E-state index contributed by atoms with van der Waals surface area (Å²) < 4.78 is 0. The summed E-state index contributed by atoms with van der Waals surface area (Å²) in [4.78, 5) is 24.5. The van der Waals surface area contributed by atoms with E-state index in [1.165, 1.54) is 18.9 Å². The molecule has 1 amide bonds. The summed E-state index contributed by atoms with van der Waals surface area (Å²) >= 11 is 0. The Morgan fingerprint density at radius 3 is 1.70 bits per heavy atom. The lowest BCUT2D eigenvalue weighted by Crippen LogP contribution is -2.49. The minimum atomic E-state index is -1.36. The number of benzene rings is 1. The fourth-order valence-corrected chi connectivity index (χ4v) is 2.07. The van der Waals surface area contributed by atoms with Gasteiger partial charge in [0.2, 0.25) is 5.91 Å². The van der Waals surface area contributed by atoms with Crippen LogP contribution in [0.3, 0.4) is 0 Å². The van der Waals surface area contributed by atoms with Gasteiger partial charge in [-0.25, -0.2) is 4.79 Å². The van der Waals surface area contributed by atoms with Crippen LogP contribution in [-0.4, -0.2) is 28.9 Å². The monoisotopic (exact) mass is 277 g/mol. The van der Waals surface area contributed by atoms with Gasteiger partial charge in [0.25, 0.3) is 0 Å². The molecule has 20 heavy (non-hydrogen) atoms. The van der Waals surface area contributed by atoms with Crippen molar-refractivity contribution in [1.82, 2.24) is 4.90 Å². The van der Waals surface area contributed by atoms with Crippen LogP contribution in [0.15, 0.2) is 24.3 Å². The van der Waals surface area contributed by atoms with Crippen molar-refractivity contribution in [3.8, 4) is 0 Å². The molecule has 1 aromatic carbocycles. The summed E-state index contributed by atoms with van der Waals surface area (Å²) in [5, 5.41) is 9.54. The Kier molecular flexibility index (Phi) is 4.27. The molecule has 0 heterocycles. The lowest BCUT2D eigenvalue weighted by Gasteiger charge is -2.35. The molecule has 0 aromatic heterocycles. The normalized spacial score (nSPS) is 14.5. The van der Waals surface area contributed by atoms with E-state index in [1.807, 2.05) is 12.1 Å². The number of hydrogen-bond donors (Lipinski definition) is 1. The fourth-order valence-electron chi connectivity index (χ4n) is 2.07. The van der Waals surface area contributed by atoms with E-state index in [0.717, 1.165) is 5.56 Å². The van der Waals surface area contributed by atoms with Gasteiger partial charge >= 0.3 is 5.97 Å². The van der Waals surface area contributed by atoms with Gasteiger partial charge in [0.1, 0.15) is 0 Å². The third-order valence-electron chi connectivity index (χ3n) is 3.87. The molecule has 0 aliphatic heterocycles. The molecule has 0 fully saturated rings. The fraction of sp³-hybridized carbons (Fsp3) is 0.500. The molecule has 110 valence electrons. The van der Waals surface area contributed by atoms with Crippen LogP contribution < -0.4 is 0 Å². The highest BCUT2D eigenvalue weighted by atomic mass is 16.4. The number of likely N-dealkylation sites (N-methyl/N-ethyl adjacent to an activating group) is 1. The molecule has 0 saturated carbocycles. The zero-order chi connectivity index (χ0) is 15.7. The van der Waals surface area contributed by atoms with Gasteiger partial charge in [-0.1, -0.05) is 45.0 Å². The van der Waals surface area contributed by atoms with Crippen molar-refractivity contribution >= 4 is 11.9 Å². The Morgan fingerprint density at radius 1 is 1.00 bits per heavy atom. The first kappa shape index (κ1) is 16.2. The van der Waals surface area contributed by atoms with Gasteiger partial charge in [-0.2, -0.15) is 0 Å². The quantitative estimate of drug-likeness (QED) is 0.924. The van der Waals surface area contributed by atoms with Gasteiger partial charge in [0.15, 0.2) is 5.54 Å². The molecule has 1 atom stereocenters. The first-order chi connectivity index (χ1) is 9.01. The van der Waals surface area contributed by atoms with Gasteiger partial charge in [-0.3, -0.25) is 4.79 Å². The molecule has 1 unspecified atom stereocenters. The van der Waals surface area contributed by atoms with Crippen molar-refractivity contribution in [1.29, 1.82) is 0 Å². The molecule has 4 heteroatoms. The molecular weight excluding hydrogens is 254 g/mol. The summed E-state index contributed by atoms with van der Waals surface area (Å²) in [5.41, 5.74) is 0.363. The standard InChI is InChI=1S/C16H23NO3/c1-11(18)17(6)16(5,14(19)20)13-9-7-12(8-10-13)15(2,3)4/h7-10H,1-6H3,(H,19,20). The van der Waals surface area contributed by atoms with Crippen LogP contribution >= 0.6 is 0 Å². The van der Waals surface area contributed by atoms with Gasteiger partial charge in [0, 0.05) is 14.0 Å². The Balaban J connectivity index is 3.31. The summed E-state index contributed by atoms with van der Waals surface area (Å²) in [6.07, 6.45) is 0. The van der Waals surface area contributed by atoms with E-state index in [4.69, 9.17) is 0 Å². The van der Waals surface area contributed by atoms with Gasteiger partial charge in [0.05, 0.1) is 0 Å². The number of carboxylic acid groups (broad SMARTS) is 1. The lowest BCUT2D eigenvalue weighted by molar-refractivity contribution is -0.156. The molecule has 0 aliphatic rings. The van der Waals surface area contributed by atoms with Crippen molar-refractivity contribution in [3.63, 3.8) is 0 Å². The topological polar surface area (TPSA) is 57.6 Å². The Hall–Kier alpha value is -1.84. The maximum atomic E-state index is 11.7. The van der Waals surface area contributed by atoms with E-state index in [9.17, 15) is 14.7 Å². The summed E-state index contributed by atoms with van der Waals surface area (Å²) in [6.45, 7) is 9.20. The maximum Gasteiger partial charge on any atom is 0.334 e. The first-order valence-corrected chi connectivity index (χ1v) is 6.60. The summed E-state index contributed by atoms with van der Waals surface area (Å²) in [6, 6.07) is 7.41. The number of carboxylic acids is 1. The molecule has 0 spiro atoms. The summed E-state index contributed by atoms with van der Waals surface area (Å²) in [7, 11) is 1.51. The van der Waals surface area contributed by atoms with Crippen LogP contribution in [0.25, 0.3) is 0 Å². The second-order valence-corrected chi connectivity index (χ2v) is 6.28. The second kappa shape index (κ2) is 5.27. The zero-order valence-corrected chi connectivity index (χ0v) is 13.0. The average Bonchev–Trinajstić information content (AvgIpc) is 2.35. The second-order valence-electron chi connectivity index (χ2n) is 6.28. The van der Waals surface area contributed by atoms with E-state index in [2.05, 4.69) is 20.8 Å². The first-order valence-electron chi connectivity index (χ1n) is 6.60. The van der Waals surface area contributed by atoms with E-state index in [1.54, 1.807) is 19.1 Å². The largest absolute Gasteiger partial charge is 0.479 e. The minimum absolute atomic E-state index is 0.00460. The lowest BCUT2D eigenvalue weighted by atomic mass is 9.83. The van der Waals surface area contributed by atoms with Crippen LogP contribution in [0.4, 0.5) is 0 Å². The number of aliphatic carboxylic acids is 1. The van der Waals surface area contributed by atoms with Crippen molar-refractivity contribution < 1.29 is 14.7 Å². The maximum absolute atomic E-state index is 11.7. The SMILES string of the molecule is CC(=O)N(C)C(C)(C(=O)O)c1ccc(C(C)(C)C)cc1. The third kappa shape index (κ3) is 2.84. The molecule has 0 bridgehead atoms. The number of rotatable bonds is 3. The van der Waals surface area contributed by atoms with Crippen molar-refractivity contribution in [3.05, 3.63) is 35.4 Å². The van der Waals surface area contributed by atoms with Crippen LogP contribution in [0.5, 0.6) is 0 Å². The highest BCUT2D eigenvalue weighted by Gasteiger charge is 2.41. The van der Waals surface area contributed by atoms with Crippen LogP contribution in [0.1, 0.15) is 45.7 Å². The molecule has 0 saturated heterocycles. The van der Waals surface area contributed by atoms with Crippen LogP contribution in [0, 0.1) is 0 Å². The highest BCUT2D eigenvalue weighted by molar-refractivity contribution is 5.86. The van der Waals surface area contributed by atoms with E-state index >= 15 is 0 Å². The zero-order valence-electron chi connectivity index (χ0n) is 13.0. The van der Waals surface area contributed by atoms with Crippen molar-refractivity contribution in [2.45, 2.75) is 45.6 Å². The smallest absolute Gasteiger partial charge is 0.334 e. The highest BCUT2D eigenvalue weighted by Crippen LogP contribution is 2.30. The molecular formula is C16H23NO3.